The predicted octanol–water partition coefficient (Wildman–Crippen LogP) is 3.19. The quantitative estimate of drug-likeness (QED) is 0.486. The third-order valence-electron chi connectivity index (χ3n) is 5.63. The van der Waals surface area contributed by atoms with E-state index in [0.29, 0.717) is 0 Å². The van der Waals surface area contributed by atoms with Crippen LogP contribution in [-0.4, -0.2) is 48.5 Å². The zero-order valence-electron chi connectivity index (χ0n) is 18.0. The number of benzene rings is 1. The Kier molecular flexibility index (Phi) is 6.01. The summed E-state index contributed by atoms with van der Waals surface area (Å²) >= 11 is 0. The van der Waals surface area contributed by atoms with Crippen LogP contribution in [0.25, 0.3) is 11.1 Å². The molecule has 32 heavy (non-hydrogen) atoms. The molecule has 2 heterocycles. The Balaban J connectivity index is 2.04. The molecule has 1 aliphatic heterocycles. The van der Waals surface area contributed by atoms with Crippen LogP contribution in [0, 0.1) is 11.6 Å². The highest BCUT2D eigenvalue weighted by molar-refractivity contribution is 7.90. The molecule has 0 atom stereocenters. The number of nitrogens with zero attached hydrogens (tertiary/aromatic N) is 2. The van der Waals surface area contributed by atoms with Gasteiger partial charge in [-0.15, -0.1) is 0 Å². The fourth-order valence-corrected chi connectivity index (χ4v) is 3.64. The van der Waals surface area contributed by atoms with Crippen LogP contribution in [0.4, 0.5) is 22.0 Å². The lowest BCUT2D eigenvalue weighted by atomic mass is 9.78. The van der Waals surface area contributed by atoms with Crippen LogP contribution in [0.1, 0.15) is 33.4 Å². The highest BCUT2D eigenvalue weighted by atomic mass is 32.2. The summed E-state index contributed by atoms with van der Waals surface area (Å²) in [5.41, 5.74) is -4.77. The highest BCUT2D eigenvalue weighted by Crippen LogP contribution is 2.39. The normalized spacial score (nSPS) is 18.4. The predicted molar refractivity (Wildman–Crippen MR) is 108 cm³/mol. The number of aromatic nitrogens is 2. The molecule has 0 N–H and O–H groups in total. The lowest BCUT2D eigenvalue weighted by molar-refractivity contribution is -0.141. The maximum atomic E-state index is 15.0. The van der Waals surface area contributed by atoms with Crippen molar-refractivity contribution in [1.82, 2.24) is 9.78 Å². The van der Waals surface area contributed by atoms with Gasteiger partial charge in [-0.1, -0.05) is 12.1 Å². The van der Waals surface area contributed by atoms with E-state index in [1.807, 2.05) is 0 Å². The Morgan fingerprint density at radius 2 is 1.59 bits per heavy atom. The summed E-state index contributed by atoms with van der Waals surface area (Å²) in [6.07, 6.45) is -3.20. The van der Waals surface area contributed by atoms with Crippen molar-refractivity contribution in [3.8, 4) is 11.1 Å². The van der Waals surface area contributed by atoms with Gasteiger partial charge < -0.3 is 9.31 Å². The minimum Gasteiger partial charge on any atom is -0.399 e. The molecule has 0 bridgehead atoms. The fourth-order valence-electron chi connectivity index (χ4n) is 3.13. The van der Waals surface area contributed by atoms with Crippen LogP contribution in [0.3, 0.4) is 0 Å². The number of alkyl halides is 3. The number of sulfone groups is 1. The lowest BCUT2D eigenvalue weighted by Crippen LogP contribution is -2.41. The second-order valence-electron chi connectivity index (χ2n) is 8.70. The van der Waals surface area contributed by atoms with E-state index >= 15 is 0 Å². The maximum Gasteiger partial charge on any atom is 0.497 e. The molecule has 0 aliphatic carbocycles. The molecule has 1 saturated heterocycles. The van der Waals surface area contributed by atoms with Gasteiger partial charge in [0.15, 0.2) is 17.3 Å². The summed E-state index contributed by atoms with van der Waals surface area (Å²) in [7, 11) is -4.73. The Morgan fingerprint density at radius 3 is 2.09 bits per heavy atom. The largest absolute Gasteiger partial charge is 0.497 e. The first-order valence-corrected chi connectivity index (χ1v) is 11.7. The van der Waals surface area contributed by atoms with Crippen molar-refractivity contribution in [3.63, 3.8) is 0 Å². The molecular formula is C19H22BF5N2O4S. The number of aryl methyl sites for hydroxylation is 1. The molecule has 0 radical (unpaired) electrons. The minimum absolute atomic E-state index is 0.289. The van der Waals surface area contributed by atoms with Crippen LogP contribution >= 0.6 is 0 Å². The third-order valence-corrected chi connectivity index (χ3v) is 6.56. The van der Waals surface area contributed by atoms with E-state index in [4.69, 9.17) is 9.31 Å². The molecule has 0 amide bonds. The van der Waals surface area contributed by atoms with Gasteiger partial charge in [0.1, 0.15) is 9.84 Å². The zero-order chi connectivity index (χ0) is 24.3. The Bertz CT molecular complexity index is 1130. The van der Waals surface area contributed by atoms with Crippen molar-refractivity contribution in [2.75, 3.05) is 12.0 Å². The van der Waals surface area contributed by atoms with Crippen LogP contribution in [-0.2, 0) is 31.9 Å². The lowest BCUT2D eigenvalue weighted by Gasteiger charge is -2.32. The number of hydrogen-bond donors (Lipinski definition) is 0. The fraction of sp³-hybridized carbons (Fsp3) is 0.526. The molecule has 3 rings (SSSR count). The van der Waals surface area contributed by atoms with E-state index in [1.54, 1.807) is 27.7 Å². The molecule has 13 heteroatoms. The van der Waals surface area contributed by atoms with Crippen LogP contribution in [0.15, 0.2) is 18.3 Å². The number of rotatable bonds is 5. The smallest absolute Gasteiger partial charge is 0.399 e. The van der Waals surface area contributed by atoms with Gasteiger partial charge in [-0.25, -0.2) is 17.2 Å². The van der Waals surface area contributed by atoms with Crippen molar-refractivity contribution in [1.29, 1.82) is 0 Å². The van der Waals surface area contributed by atoms with Crippen molar-refractivity contribution >= 4 is 22.4 Å². The average Bonchev–Trinajstić information content (AvgIpc) is 3.13. The first kappa shape index (κ1) is 24.7. The molecule has 0 unspecified atom stereocenters. The molecule has 0 spiro atoms. The van der Waals surface area contributed by atoms with Gasteiger partial charge >= 0.3 is 13.3 Å². The van der Waals surface area contributed by atoms with E-state index in [-0.39, 0.29) is 12.0 Å². The van der Waals surface area contributed by atoms with Gasteiger partial charge in [0, 0.05) is 29.0 Å². The first-order valence-electron chi connectivity index (χ1n) is 9.59. The molecular weight excluding hydrogens is 458 g/mol. The van der Waals surface area contributed by atoms with E-state index in [0.717, 1.165) is 29.3 Å². The third kappa shape index (κ3) is 4.69. The van der Waals surface area contributed by atoms with Gasteiger partial charge in [0.25, 0.3) is 0 Å². The molecule has 6 nitrogen and oxygen atoms in total. The summed E-state index contributed by atoms with van der Waals surface area (Å²) < 4.78 is 105. The summed E-state index contributed by atoms with van der Waals surface area (Å²) in [6, 6.07) is 2.09. The average molecular weight is 480 g/mol. The molecule has 1 aromatic carbocycles. The second kappa shape index (κ2) is 7.81. The molecule has 1 fully saturated rings. The second-order valence-corrected chi connectivity index (χ2v) is 11.0. The van der Waals surface area contributed by atoms with Crippen LogP contribution in [0.2, 0.25) is 0 Å². The van der Waals surface area contributed by atoms with Gasteiger partial charge in [0.05, 0.1) is 23.5 Å². The van der Waals surface area contributed by atoms with Crippen molar-refractivity contribution < 1.29 is 39.7 Å². The number of halogens is 5. The molecule has 176 valence electrons. The SMILES string of the molecule is CC1(C)OB(c2ccc(-c3cn(CCS(C)(=O)=O)nc3C(F)(F)F)c(F)c2F)OC1(C)C. The topological polar surface area (TPSA) is 70.4 Å². The van der Waals surface area contributed by atoms with Gasteiger partial charge in [-0.05, 0) is 27.7 Å². The Labute approximate surface area is 182 Å². The molecule has 2 aromatic rings. The summed E-state index contributed by atoms with van der Waals surface area (Å²) in [5.74, 6) is -3.40. The standard InChI is InChI=1S/C19H22BF5N2O4S/c1-17(2)18(3,4)31-20(30-17)13-7-6-11(14(21)15(13)22)12-10-27(8-9-32(5,28)29)26-16(12)19(23,24)25/h6-7,10H,8-9H2,1-5H3. The highest BCUT2D eigenvalue weighted by Gasteiger charge is 2.52. The molecule has 1 aromatic heterocycles. The first-order chi connectivity index (χ1) is 14.4. The molecule has 1 aliphatic rings. The van der Waals surface area contributed by atoms with Crippen LogP contribution < -0.4 is 5.46 Å². The molecule has 0 saturated carbocycles. The summed E-state index contributed by atoms with van der Waals surface area (Å²) in [4.78, 5) is 0. The summed E-state index contributed by atoms with van der Waals surface area (Å²) in [5, 5.41) is 3.36. The van der Waals surface area contributed by atoms with E-state index in [2.05, 4.69) is 5.10 Å². The number of hydrogen-bond acceptors (Lipinski definition) is 5. The summed E-state index contributed by atoms with van der Waals surface area (Å²) in [6.45, 7) is 6.50. The zero-order valence-corrected chi connectivity index (χ0v) is 18.9. The minimum atomic E-state index is -4.97. The Hall–Kier alpha value is -1.99. The van der Waals surface area contributed by atoms with Crippen molar-refractivity contribution in [2.24, 2.45) is 0 Å². The Morgan fingerprint density at radius 1 is 1.03 bits per heavy atom. The maximum absolute atomic E-state index is 15.0. The van der Waals surface area contributed by atoms with E-state index in [9.17, 15) is 30.4 Å². The van der Waals surface area contributed by atoms with E-state index in [1.165, 1.54) is 0 Å². The van der Waals surface area contributed by atoms with Gasteiger partial charge in [-0.3, -0.25) is 4.68 Å². The van der Waals surface area contributed by atoms with Crippen molar-refractivity contribution in [3.05, 3.63) is 35.7 Å². The van der Waals surface area contributed by atoms with Crippen molar-refractivity contribution in [2.45, 2.75) is 51.6 Å². The van der Waals surface area contributed by atoms with E-state index < -0.39 is 68.5 Å². The van der Waals surface area contributed by atoms with Gasteiger partial charge in [0.2, 0.25) is 0 Å². The monoisotopic (exact) mass is 480 g/mol. The van der Waals surface area contributed by atoms with Crippen LogP contribution in [0.5, 0.6) is 0 Å². The van der Waals surface area contributed by atoms with Gasteiger partial charge in [-0.2, -0.15) is 18.3 Å².